The van der Waals surface area contributed by atoms with E-state index in [0.29, 0.717) is 6.04 Å². The van der Waals surface area contributed by atoms with Crippen molar-refractivity contribution in [3.05, 3.63) is 53.9 Å². The van der Waals surface area contributed by atoms with Gasteiger partial charge < -0.3 is 14.8 Å². The van der Waals surface area contributed by atoms with Crippen LogP contribution in [0.3, 0.4) is 0 Å². The van der Waals surface area contributed by atoms with Crippen molar-refractivity contribution in [2.75, 3.05) is 13.7 Å². The van der Waals surface area contributed by atoms with E-state index in [4.69, 9.17) is 9.47 Å². The van der Waals surface area contributed by atoms with Gasteiger partial charge in [0, 0.05) is 37.0 Å². The van der Waals surface area contributed by atoms with Crippen molar-refractivity contribution in [2.45, 2.75) is 19.0 Å². The third kappa shape index (κ3) is 2.75. The molecule has 1 aromatic heterocycles. The summed E-state index contributed by atoms with van der Waals surface area (Å²) in [6.45, 7) is 1.57. The number of benzene rings is 1. The Kier molecular flexibility index (Phi) is 3.83. The Morgan fingerprint density at radius 1 is 1.30 bits per heavy atom. The number of fused-ring (bicyclic) bond motifs is 1. The zero-order chi connectivity index (χ0) is 13.8. The summed E-state index contributed by atoms with van der Waals surface area (Å²) in [5.41, 5.74) is 2.40. The monoisotopic (exact) mass is 270 g/mol. The van der Waals surface area contributed by atoms with Gasteiger partial charge >= 0.3 is 0 Å². The Balaban J connectivity index is 1.75. The van der Waals surface area contributed by atoms with Crippen molar-refractivity contribution in [3.63, 3.8) is 0 Å². The molecule has 1 N–H and O–H groups in total. The van der Waals surface area contributed by atoms with Gasteiger partial charge in [-0.15, -0.1) is 0 Å². The highest BCUT2D eigenvalue weighted by Gasteiger charge is 2.21. The van der Waals surface area contributed by atoms with Gasteiger partial charge in [-0.05, 0) is 35.9 Å². The van der Waals surface area contributed by atoms with Crippen LogP contribution in [0.4, 0.5) is 0 Å². The van der Waals surface area contributed by atoms with E-state index in [0.717, 1.165) is 31.1 Å². The van der Waals surface area contributed by atoms with Gasteiger partial charge in [0.05, 0.1) is 13.7 Å². The van der Waals surface area contributed by atoms with E-state index in [2.05, 4.69) is 16.4 Å². The Morgan fingerprint density at radius 2 is 2.15 bits per heavy atom. The Labute approximate surface area is 118 Å². The number of hydrogen-bond donors (Lipinski definition) is 1. The van der Waals surface area contributed by atoms with Gasteiger partial charge in [-0.3, -0.25) is 4.98 Å². The maximum Gasteiger partial charge on any atom is 0.124 e. The van der Waals surface area contributed by atoms with Gasteiger partial charge in [-0.25, -0.2) is 0 Å². The number of nitrogens with one attached hydrogen (secondary N) is 1. The average molecular weight is 270 g/mol. The lowest BCUT2D eigenvalue weighted by molar-refractivity contribution is 0.251. The molecule has 1 aliphatic rings. The quantitative estimate of drug-likeness (QED) is 0.927. The second-order valence-corrected chi connectivity index (χ2v) is 4.83. The van der Waals surface area contributed by atoms with Crippen LogP contribution in [0.15, 0.2) is 42.7 Å². The van der Waals surface area contributed by atoms with Crippen LogP contribution in [-0.2, 0) is 6.54 Å². The topological polar surface area (TPSA) is 43.4 Å². The van der Waals surface area contributed by atoms with Crippen molar-refractivity contribution < 1.29 is 9.47 Å². The Morgan fingerprint density at radius 3 is 2.95 bits per heavy atom. The highest BCUT2D eigenvalue weighted by Crippen LogP contribution is 2.34. The number of methoxy groups -OCH3 is 1. The first-order valence-electron chi connectivity index (χ1n) is 6.80. The molecule has 104 valence electrons. The van der Waals surface area contributed by atoms with E-state index >= 15 is 0 Å². The van der Waals surface area contributed by atoms with Crippen LogP contribution in [0.5, 0.6) is 11.5 Å². The molecular formula is C16H18N2O2. The van der Waals surface area contributed by atoms with E-state index in [9.17, 15) is 0 Å². The largest absolute Gasteiger partial charge is 0.497 e. The van der Waals surface area contributed by atoms with Crippen LogP contribution in [0.2, 0.25) is 0 Å². The molecule has 0 amide bonds. The first-order chi connectivity index (χ1) is 9.86. The van der Waals surface area contributed by atoms with E-state index in [1.165, 1.54) is 11.1 Å². The minimum absolute atomic E-state index is 0.294. The second kappa shape index (κ2) is 5.92. The predicted octanol–water partition coefficient (Wildman–Crippen LogP) is 2.70. The highest BCUT2D eigenvalue weighted by molar-refractivity contribution is 5.43. The summed E-state index contributed by atoms with van der Waals surface area (Å²) in [6, 6.07) is 10.3. The Hall–Kier alpha value is -2.07. The van der Waals surface area contributed by atoms with Gasteiger partial charge in [-0.1, -0.05) is 0 Å². The minimum Gasteiger partial charge on any atom is -0.497 e. The van der Waals surface area contributed by atoms with Crippen molar-refractivity contribution in [2.24, 2.45) is 0 Å². The summed E-state index contributed by atoms with van der Waals surface area (Å²) >= 11 is 0. The number of rotatable bonds is 4. The summed E-state index contributed by atoms with van der Waals surface area (Å²) in [7, 11) is 1.69. The third-order valence-electron chi connectivity index (χ3n) is 3.56. The van der Waals surface area contributed by atoms with Gasteiger partial charge in [0.2, 0.25) is 0 Å². The van der Waals surface area contributed by atoms with Crippen LogP contribution >= 0.6 is 0 Å². The summed E-state index contributed by atoms with van der Waals surface area (Å²) < 4.78 is 11.0. The van der Waals surface area contributed by atoms with Crippen LogP contribution < -0.4 is 14.8 Å². The minimum atomic E-state index is 0.294. The highest BCUT2D eigenvalue weighted by atomic mass is 16.5. The molecule has 1 unspecified atom stereocenters. The molecule has 1 atom stereocenters. The second-order valence-electron chi connectivity index (χ2n) is 4.83. The van der Waals surface area contributed by atoms with Crippen LogP contribution in [0.25, 0.3) is 0 Å². The summed E-state index contributed by atoms with van der Waals surface area (Å²) in [5.74, 6) is 1.81. The zero-order valence-electron chi connectivity index (χ0n) is 11.5. The molecule has 3 rings (SSSR count). The van der Waals surface area contributed by atoms with Crippen LogP contribution in [0.1, 0.15) is 23.6 Å². The van der Waals surface area contributed by atoms with Crippen molar-refractivity contribution in [1.82, 2.24) is 10.3 Å². The zero-order valence-corrected chi connectivity index (χ0v) is 11.5. The molecule has 0 saturated carbocycles. The molecule has 0 saturated heterocycles. The molecule has 0 fully saturated rings. The van der Waals surface area contributed by atoms with Crippen molar-refractivity contribution >= 4 is 0 Å². The van der Waals surface area contributed by atoms with Crippen molar-refractivity contribution in [3.8, 4) is 11.5 Å². The average Bonchev–Trinajstić information content (AvgIpc) is 2.53. The number of pyridine rings is 1. The maximum atomic E-state index is 5.70. The molecule has 0 spiro atoms. The Bertz CT molecular complexity index is 572. The first-order valence-corrected chi connectivity index (χ1v) is 6.80. The molecule has 1 aliphatic heterocycles. The fraction of sp³-hybridized carbons (Fsp3) is 0.312. The van der Waals surface area contributed by atoms with E-state index in [1.54, 1.807) is 7.11 Å². The molecule has 4 heteroatoms. The molecule has 0 aliphatic carbocycles. The van der Waals surface area contributed by atoms with Gasteiger partial charge in [-0.2, -0.15) is 0 Å². The molecule has 0 bridgehead atoms. The van der Waals surface area contributed by atoms with E-state index in [-0.39, 0.29) is 0 Å². The summed E-state index contributed by atoms with van der Waals surface area (Å²) in [4.78, 5) is 4.03. The van der Waals surface area contributed by atoms with Gasteiger partial charge in [0.1, 0.15) is 11.5 Å². The smallest absolute Gasteiger partial charge is 0.124 e. The van der Waals surface area contributed by atoms with Gasteiger partial charge in [0.25, 0.3) is 0 Å². The summed E-state index contributed by atoms with van der Waals surface area (Å²) in [5, 5.41) is 3.58. The number of hydrogen-bond acceptors (Lipinski definition) is 4. The molecule has 2 aromatic rings. The lowest BCUT2D eigenvalue weighted by Gasteiger charge is -2.27. The standard InChI is InChI=1S/C16H18N2O2/c1-19-13-2-3-16-14(10-13)15(6-9-20-16)18-11-12-4-7-17-8-5-12/h2-5,7-8,10,15,18H,6,9,11H2,1H3. The normalized spacial score (nSPS) is 17.1. The molecule has 0 radical (unpaired) electrons. The maximum absolute atomic E-state index is 5.70. The van der Waals surface area contributed by atoms with E-state index < -0.39 is 0 Å². The van der Waals surface area contributed by atoms with Gasteiger partial charge in [0.15, 0.2) is 0 Å². The molecule has 4 nitrogen and oxygen atoms in total. The molecular weight excluding hydrogens is 252 g/mol. The molecule has 1 aromatic carbocycles. The fourth-order valence-electron chi connectivity index (χ4n) is 2.45. The lowest BCUT2D eigenvalue weighted by atomic mass is 10.00. The van der Waals surface area contributed by atoms with Crippen LogP contribution in [0, 0.1) is 0 Å². The van der Waals surface area contributed by atoms with E-state index in [1.807, 2.05) is 36.7 Å². The first kappa shape index (κ1) is 12.9. The molecule has 2 heterocycles. The number of ether oxygens (including phenoxy) is 2. The fourth-order valence-corrected chi connectivity index (χ4v) is 2.45. The third-order valence-corrected chi connectivity index (χ3v) is 3.56. The SMILES string of the molecule is COc1ccc2c(c1)C(NCc1ccncc1)CCO2. The summed E-state index contributed by atoms with van der Waals surface area (Å²) in [6.07, 6.45) is 4.60. The lowest BCUT2D eigenvalue weighted by Crippen LogP contribution is -2.26. The predicted molar refractivity (Wildman–Crippen MR) is 76.9 cm³/mol. The number of nitrogens with zero attached hydrogens (tertiary/aromatic N) is 1. The molecule has 20 heavy (non-hydrogen) atoms. The number of aromatic nitrogens is 1. The van der Waals surface area contributed by atoms with Crippen LogP contribution in [-0.4, -0.2) is 18.7 Å². The van der Waals surface area contributed by atoms with Crippen molar-refractivity contribution in [1.29, 1.82) is 0 Å².